The predicted octanol–water partition coefficient (Wildman–Crippen LogP) is 4.58. The van der Waals surface area contributed by atoms with Gasteiger partial charge in [-0.15, -0.1) is 0 Å². The number of halogens is 3. The molecule has 160 valence electrons. The molecular weight excluding hydrogens is 421 g/mol. The molecule has 0 saturated heterocycles. The highest BCUT2D eigenvalue weighted by molar-refractivity contribution is 6.08. The van der Waals surface area contributed by atoms with Crippen LogP contribution in [0.1, 0.15) is 15.9 Å². The first-order valence-corrected chi connectivity index (χ1v) is 9.55. The van der Waals surface area contributed by atoms with E-state index in [9.17, 15) is 18.0 Å². The number of nitrogens with one attached hydrogen (secondary N) is 1. The molecule has 0 fully saturated rings. The van der Waals surface area contributed by atoms with Crippen LogP contribution in [0, 0.1) is 0 Å². The lowest BCUT2D eigenvalue weighted by Gasteiger charge is -2.10. The lowest BCUT2D eigenvalue weighted by atomic mass is 10.2. The van der Waals surface area contributed by atoms with Crippen molar-refractivity contribution < 1.29 is 18.0 Å². The maximum Gasteiger partial charge on any atom is 0.416 e. The Labute approximate surface area is 179 Å². The van der Waals surface area contributed by atoms with Gasteiger partial charge in [-0.2, -0.15) is 18.3 Å². The number of rotatable bonds is 3. The molecule has 0 unspecified atom stereocenters. The van der Waals surface area contributed by atoms with Crippen LogP contribution in [0.15, 0.2) is 67.1 Å². The fraction of sp³-hybridized carbons (Fsp3) is 0.0909. The summed E-state index contributed by atoms with van der Waals surface area (Å²) in [5.41, 5.74) is 2.01. The molecule has 0 aliphatic heterocycles. The minimum Gasteiger partial charge on any atom is -0.307 e. The van der Waals surface area contributed by atoms with E-state index < -0.39 is 11.7 Å². The van der Waals surface area contributed by atoms with Gasteiger partial charge in [-0.1, -0.05) is 0 Å². The van der Waals surface area contributed by atoms with Crippen molar-refractivity contribution in [2.45, 2.75) is 6.18 Å². The molecule has 1 N–H and O–H groups in total. The van der Waals surface area contributed by atoms with Gasteiger partial charge in [0, 0.05) is 36.9 Å². The van der Waals surface area contributed by atoms with Gasteiger partial charge in [-0.05, 0) is 48.5 Å². The van der Waals surface area contributed by atoms with Gasteiger partial charge in [0.05, 0.1) is 16.5 Å². The standard InChI is InChI=1S/C22H15F3N6O/c1-30-12-16-19-17(6-7-18(27-19)28-21(32)13-8-10-26-11-9-13)31(20(16)29-30)15-4-2-14(3-5-15)22(23,24)25/h2-12H,1H3,(H,27,28,32). The Bertz CT molecular complexity index is 1450. The molecule has 32 heavy (non-hydrogen) atoms. The van der Waals surface area contributed by atoms with Crippen molar-refractivity contribution in [1.29, 1.82) is 0 Å². The minimum atomic E-state index is -4.42. The summed E-state index contributed by atoms with van der Waals surface area (Å²) < 4.78 is 42.3. The fourth-order valence-electron chi connectivity index (χ4n) is 3.58. The zero-order valence-corrected chi connectivity index (χ0v) is 16.6. The largest absolute Gasteiger partial charge is 0.416 e. The van der Waals surface area contributed by atoms with E-state index in [0.29, 0.717) is 39.1 Å². The van der Waals surface area contributed by atoms with E-state index in [1.807, 2.05) is 0 Å². The Kier molecular flexibility index (Phi) is 4.43. The van der Waals surface area contributed by atoms with Crippen LogP contribution in [0.25, 0.3) is 27.8 Å². The quantitative estimate of drug-likeness (QED) is 0.449. The molecule has 5 aromatic rings. The Morgan fingerprint density at radius 1 is 1.00 bits per heavy atom. The van der Waals surface area contributed by atoms with Crippen molar-refractivity contribution in [1.82, 2.24) is 24.3 Å². The van der Waals surface area contributed by atoms with E-state index in [4.69, 9.17) is 0 Å². The number of hydrogen-bond acceptors (Lipinski definition) is 4. The number of benzene rings is 1. The highest BCUT2D eigenvalue weighted by atomic mass is 19.4. The van der Waals surface area contributed by atoms with Gasteiger partial charge in [-0.3, -0.25) is 19.0 Å². The summed E-state index contributed by atoms with van der Waals surface area (Å²) in [6.45, 7) is 0. The fourth-order valence-corrected chi connectivity index (χ4v) is 3.58. The average Bonchev–Trinajstić information content (AvgIpc) is 3.28. The van der Waals surface area contributed by atoms with E-state index in [1.165, 1.54) is 24.5 Å². The summed E-state index contributed by atoms with van der Waals surface area (Å²) in [4.78, 5) is 20.9. The summed E-state index contributed by atoms with van der Waals surface area (Å²) in [5, 5.41) is 7.93. The molecule has 1 aromatic carbocycles. The third kappa shape index (κ3) is 3.35. The molecule has 0 radical (unpaired) electrons. The van der Waals surface area contributed by atoms with Crippen molar-refractivity contribution in [2.24, 2.45) is 7.05 Å². The Morgan fingerprint density at radius 2 is 1.72 bits per heavy atom. The van der Waals surface area contributed by atoms with Gasteiger partial charge in [0.2, 0.25) is 0 Å². The molecule has 0 aliphatic rings. The molecular formula is C22H15F3N6O. The topological polar surface area (TPSA) is 77.6 Å². The predicted molar refractivity (Wildman–Crippen MR) is 113 cm³/mol. The zero-order chi connectivity index (χ0) is 22.5. The summed E-state index contributed by atoms with van der Waals surface area (Å²) in [6, 6.07) is 11.4. The van der Waals surface area contributed by atoms with Crippen molar-refractivity contribution >= 4 is 33.8 Å². The number of fused-ring (bicyclic) bond motifs is 3. The molecule has 0 atom stereocenters. The third-order valence-corrected chi connectivity index (χ3v) is 5.03. The molecule has 0 bridgehead atoms. The number of alkyl halides is 3. The van der Waals surface area contributed by atoms with Crippen LogP contribution >= 0.6 is 0 Å². The smallest absolute Gasteiger partial charge is 0.307 e. The van der Waals surface area contributed by atoms with Crippen molar-refractivity contribution in [3.63, 3.8) is 0 Å². The van der Waals surface area contributed by atoms with Gasteiger partial charge in [-0.25, -0.2) is 4.98 Å². The monoisotopic (exact) mass is 436 g/mol. The van der Waals surface area contributed by atoms with Gasteiger partial charge < -0.3 is 5.32 Å². The van der Waals surface area contributed by atoms with Gasteiger partial charge >= 0.3 is 6.18 Å². The molecule has 10 heteroatoms. The number of aromatic nitrogens is 5. The Hall–Kier alpha value is -4.21. The van der Waals surface area contributed by atoms with Crippen LogP contribution in [-0.2, 0) is 13.2 Å². The van der Waals surface area contributed by atoms with E-state index in [-0.39, 0.29) is 5.91 Å². The summed E-state index contributed by atoms with van der Waals surface area (Å²) in [5.74, 6) is 0.0125. The number of pyridine rings is 2. The third-order valence-electron chi connectivity index (χ3n) is 5.03. The molecule has 5 rings (SSSR count). The van der Waals surface area contributed by atoms with Gasteiger partial charge in [0.25, 0.3) is 5.91 Å². The van der Waals surface area contributed by atoms with Gasteiger partial charge in [0.15, 0.2) is 5.65 Å². The summed E-state index contributed by atoms with van der Waals surface area (Å²) >= 11 is 0. The van der Waals surface area contributed by atoms with Crippen molar-refractivity contribution in [2.75, 3.05) is 5.32 Å². The lowest BCUT2D eigenvalue weighted by molar-refractivity contribution is -0.137. The van der Waals surface area contributed by atoms with E-state index >= 15 is 0 Å². The molecule has 0 spiro atoms. The summed E-state index contributed by atoms with van der Waals surface area (Å²) in [6.07, 6.45) is 0.407. The second kappa shape index (κ2) is 7.19. The second-order valence-corrected chi connectivity index (χ2v) is 7.17. The first-order chi connectivity index (χ1) is 15.3. The number of anilines is 1. The number of amides is 1. The van der Waals surface area contributed by atoms with Crippen molar-refractivity contribution in [3.8, 4) is 5.69 Å². The van der Waals surface area contributed by atoms with E-state index in [0.717, 1.165) is 12.1 Å². The number of hydrogen-bond donors (Lipinski definition) is 1. The molecule has 7 nitrogen and oxygen atoms in total. The molecule has 4 aromatic heterocycles. The van der Waals surface area contributed by atoms with Crippen LogP contribution in [0.2, 0.25) is 0 Å². The molecule has 0 aliphatic carbocycles. The zero-order valence-electron chi connectivity index (χ0n) is 16.6. The van der Waals surface area contributed by atoms with E-state index in [1.54, 1.807) is 46.8 Å². The van der Waals surface area contributed by atoms with Gasteiger partial charge in [0.1, 0.15) is 11.3 Å². The molecule has 1 amide bonds. The van der Waals surface area contributed by atoms with E-state index in [2.05, 4.69) is 20.4 Å². The van der Waals surface area contributed by atoms with Crippen LogP contribution < -0.4 is 5.32 Å². The lowest BCUT2D eigenvalue weighted by Crippen LogP contribution is -2.12. The van der Waals surface area contributed by atoms with Crippen LogP contribution in [0.3, 0.4) is 0 Å². The minimum absolute atomic E-state index is 0.330. The average molecular weight is 436 g/mol. The number of carbonyl (C=O) groups is 1. The highest BCUT2D eigenvalue weighted by Crippen LogP contribution is 2.33. The SMILES string of the molecule is Cn1cc2c3nc(NC(=O)c4ccncc4)ccc3n(-c3ccc(C(F)(F)F)cc3)c2n1. The maximum absolute atomic E-state index is 13.0. The summed E-state index contributed by atoms with van der Waals surface area (Å²) in [7, 11) is 1.75. The highest BCUT2D eigenvalue weighted by Gasteiger charge is 2.30. The Morgan fingerprint density at radius 3 is 2.41 bits per heavy atom. The first-order valence-electron chi connectivity index (χ1n) is 9.55. The Balaban J connectivity index is 1.60. The maximum atomic E-state index is 13.0. The number of nitrogens with zero attached hydrogens (tertiary/aromatic N) is 5. The number of aryl methyl sites for hydroxylation is 1. The second-order valence-electron chi connectivity index (χ2n) is 7.17. The first kappa shape index (κ1) is 19.7. The molecule has 4 heterocycles. The number of carbonyl (C=O) groups excluding carboxylic acids is 1. The van der Waals surface area contributed by atoms with Crippen LogP contribution in [0.4, 0.5) is 19.0 Å². The van der Waals surface area contributed by atoms with Crippen LogP contribution in [-0.4, -0.2) is 30.2 Å². The molecule has 0 saturated carbocycles. The van der Waals surface area contributed by atoms with Crippen LogP contribution in [0.5, 0.6) is 0 Å². The van der Waals surface area contributed by atoms with Crippen molar-refractivity contribution in [3.05, 3.63) is 78.2 Å². The normalized spacial score (nSPS) is 11.9.